The third kappa shape index (κ3) is 10.8. The predicted octanol–water partition coefficient (Wildman–Crippen LogP) is 12.3. The second-order valence-electron chi connectivity index (χ2n) is 21.2. The fourth-order valence-electron chi connectivity index (χ4n) is 10.8. The van der Waals surface area contributed by atoms with Crippen LogP contribution in [0.4, 0.5) is 30.2 Å². The Hall–Kier alpha value is -9.06. The molecule has 0 radical (unpaired) electrons. The number of anilines is 3. The van der Waals surface area contributed by atoms with Crippen LogP contribution in [-0.2, 0) is 40.8 Å². The van der Waals surface area contributed by atoms with Crippen LogP contribution in [0, 0.1) is 20.8 Å². The number of fused-ring (bicyclic) bond motifs is 3. The lowest BCUT2D eigenvalue weighted by molar-refractivity contribution is 0.0989. The van der Waals surface area contributed by atoms with E-state index < -0.39 is 36.3 Å². The van der Waals surface area contributed by atoms with Crippen LogP contribution in [0.5, 0.6) is 0 Å². The Labute approximate surface area is 468 Å². The highest BCUT2D eigenvalue weighted by Crippen LogP contribution is 2.40. The van der Waals surface area contributed by atoms with Gasteiger partial charge in [-0.05, 0) is 125 Å². The zero-order chi connectivity index (χ0) is 57.4. The van der Waals surface area contributed by atoms with Gasteiger partial charge in [0.2, 0.25) is 0 Å². The lowest BCUT2D eigenvalue weighted by Gasteiger charge is -2.20. The Morgan fingerprint density at radius 2 is 0.654 bits per heavy atom. The van der Waals surface area contributed by atoms with Gasteiger partial charge in [-0.25, -0.2) is 13.2 Å². The van der Waals surface area contributed by atoms with Crippen LogP contribution in [0.25, 0.3) is 0 Å². The summed E-state index contributed by atoms with van der Waals surface area (Å²) in [6, 6.07) is 40.0. The Kier molecular flexibility index (Phi) is 15.7. The van der Waals surface area contributed by atoms with Gasteiger partial charge in [-0.3, -0.25) is 14.4 Å². The molecular formula is C63H63F3N12O3. The standard InChI is InChI=1S/3C21H21FN4O/c3*1-13-6-4-9-17-18(13)11-26(21(17)27)16-8-5-7-15(10-16)14(2)19(22)20-24-23-12-25(20)3/h3*4-10,12,14,19H,11H2,1-3H3/t2*14-,19+;14-,19-/m100/s1. The maximum absolute atomic E-state index is 15.0. The Bertz CT molecular complexity index is 3430. The Morgan fingerprint density at radius 3 is 0.889 bits per heavy atom. The van der Waals surface area contributed by atoms with Gasteiger partial charge in [-0.2, -0.15) is 0 Å². The molecule has 0 unspecified atom stereocenters. The van der Waals surface area contributed by atoms with Crippen molar-refractivity contribution in [2.24, 2.45) is 21.1 Å². The van der Waals surface area contributed by atoms with E-state index >= 15 is 0 Å². The van der Waals surface area contributed by atoms with Crippen molar-refractivity contribution in [3.05, 3.63) is 231 Å². The SMILES string of the molecule is Cc1cccc2c1CN(c1cccc([C@@H](C)[C@H](F)c3nncn3C)c1)C2=O.Cc1cccc2c1CN(c1cccc([C@H](C)[C@@H](F)c3nncn3C)c1)C2=O.Cc1cccc2c1CN(c1cccc([C@H](C)[C@H](F)c3nncn3C)c1)C2=O. The van der Waals surface area contributed by atoms with Crippen LogP contribution >= 0.6 is 0 Å². The number of benzene rings is 6. The molecule has 6 atom stereocenters. The Morgan fingerprint density at radius 1 is 0.395 bits per heavy atom. The third-order valence-electron chi connectivity index (χ3n) is 16.0. The molecule has 6 aromatic carbocycles. The number of alkyl halides is 3. The molecule has 9 aromatic rings. The van der Waals surface area contributed by atoms with Gasteiger partial charge in [0.1, 0.15) is 19.0 Å². The molecule has 0 saturated carbocycles. The summed E-state index contributed by atoms with van der Waals surface area (Å²) in [7, 11) is 5.19. The first-order valence-electron chi connectivity index (χ1n) is 26.9. The van der Waals surface area contributed by atoms with E-state index in [0.717, 1.165) is 83.8 Å². The van der Waals surface area contributed by atoms with Crippen molar-refractivity contribution in [3.8, 4) is 0 Å². The fourth-order valence-corrected chi connectivity index (χ4v) is 10.8. The van der Waals surface area contributed by atoms with Gasteiger partial charge >= 0.3 is 0 Å². The number of aryl methyl sites for hydroxylation is 6. The number of rotatable bonds is 12. The van der Waals surface area contributed by atoms with Gasteiger partial charge in [0.25, 0.3) is 17.7 Å². The third-order valence-corrected chi connectivity index (χ3v) is 16.0. The van der Waals surface area contributed by atoms with E-state index in [9.17, 15) is 27.6 Å². The number of hydrogen-bond acceptors (Lipinski definition) is 9. The normalized spacial score (nSPS) is 15.7. The van der Waals surface area contributed by atoms with Gasteiger partial charge in [0.05, 0.1) is 19.6 Å². The molecule has 0 bridgehead atoms. The number of carbonyl (C=O) groups is 3. The molecule has 12 rings (SSSR count). The van der Waals surface area contributed by atoms with Crippen molar-refractivity contribution < 1.29 is 27.6 Å². The maximum Gasteiger partial charge on any atom is 0.258 e. The second-order valence-corrected chi connectivity index (χ2v) is 21.2. The summed E-state index contributed by atoms with van der Waals surface area (Å²) in [4.78, 5) is 43.7. The molecule has 15 nitrogen and oxygen atoms in total. The summed E-state index contributed by atoms with van der Waals surface area (Å²) in [6.45, 7) is 13.1. The molecule has 81 heavy (non-hydrogen) atoms. The van der Waals surface area contributed by atoms with E-state index in [1.54, 1.807) is 49.5 Å². The average molecular weight is 1090 g/mol. The zero-order valence-corrected chi connectivity index (χ0v) is 46.7. The maximum atomic E-state index is 15.0. The molecule has 3 aliphatic heterocycles. The van der Waals surface area contributed by atoms with Gasteiger partial charge in [0, 0.05) is 72.6 Å². The van der Waals surface area contributed by atoms with Gasteiger partial charge < -0.3 is 28.4 Å². The number of hydrogen-bond donors (Lipinski definition) is 0. The molecule has 0 spiro atoms. The molecule has 18 heteroatoms. The highest BCUT2D eigenvalue weighted by molar-refractivity contribution is 6.11. The molecule has 0 aliphatic carbocycles. The van der Waals surface area contributed by atoms with Crippen molar-refractivity contribution >= 4 is 34.8 Å². The number of nitrogens with zero attached hydrogens (tertiary/aromatic N) is 12. The smallest absolute Gasteiger partial charge is 0.258 e. The van der Waals surface area contributed by atoms with Crippen molar-refractivity contribution in [2.75, 3.05) is 14.7 Å². The molecule has 3 amide bonds. The highest BCUT2D eigenvalue weighted by Gasteiger charge is 2.34. The molecule has 0 fully saturated rings. The molecule has 0 N–H and O–H groups in total. The van der Waals surface area contributed by atoms with Crippen molar-refractivity contribution in [1.29, 1.82) is 0 Å². The van der Waals surface area contributed by atoms with Crippen molar-refractivity contribution in [1.82, 2.24) is 44.3 Å². The van der Waals surface area contributed by atoms with Gasteiger partial charge in [-0.1, -0.05) is 93.6 Å². The van der Waals surface area contributed by atoms with E-state index in [2.05, 4.69) is 30.6 Å². The van der Waals surface area contributed by atoms with Crippen LogP contribution in [0.3, 0.4) is 0 Å². The lowest BCUT2D eigenvalue weighted by Crippen LogP contribution is -2.23. The van der Waals surface area contributed by atoms with E-state index in [1.165, 1.54) is 19.0 Å². The minimum Gasteiger partial charge on any atom is -0.318 e. The van der Waals surface area contributed by atoms with E-state index in [4.69, 9.17) is 0 Å². The minimum absolute atomic E-state index is 0.0106. The minimum atomic E-state index is -1.28. The fraction of sp³-hybridized carbons (Fsp3) is 0.286. The zero-order valence-electron chi connectivity index (χ0n) is 46.7. The number of aromatic nitrogens is 9. The van der Waals surface area contributed by atoms with Crippen molar-refractivity contribution in [2.45, 2.75) is 97.4 Å². The summed E-state index contributed by atoms with van der Waals surface area (Å²) >= 11 is 0. The first kappa shape index (κ1) is 55.3. The van der Waals surface area contributed by atoms with E-state index in [-0.39, 0.29) is 17.7 Å². The molecule has 3 aliphatic rings. The quantitative estimate of drug-likeness (QED) is 0.116. The number of amides is 3. The molecular weight excluding hydrogens is 1030 g/mol. The monoisotopic (exact) mass is 1090 g/mol. The molecule has 6 heterocycles. The van der Waals surface area contributed by atoms with Crippen LogP contribution in [0.2, 0.25) is 0 Å². The summed E-state index contributed by atoms with van der Waals surface area (Å²) in [5.74, 6) is -0.357. The van der Waals surface area contributed by atoms with Crippen LogP contribution < -0.4 is 14.7 Å². The molecule has 414 valence electrons. The summed E-state index contributed by atoms with van der Waals surface area (Å²) in [5.41, 5.74) is 13.6. The molecule has 3 aromatic heterocycles. The number of carbonyl (C=O) groups excluding carboxylic acids is 3. The van der Waals surface area contributed by atoms with Gasteiger partial charge in [-0.15, -0.1) is 30.6 Å². The summed E-state index contributed by atoms with van der Waals surface area (Å²) < 4.78 is 49.6. The first-order chi connectivity index (χ1) is 38.9. The topological polar surface area (TPSA) is 153 Å². The number of halogens is 3. The van der Waals surface area contributed by atoms with Gasteiger partial charge in [0.15, 0.2) is 36.0 Å². The summed E-state index contributed by atoms with van der Waals surface area (Å²) in [6.07, 6.45) is 0.651. The lowest BCUT2D eigenvalue weighted by atomic mass is 9.95. The van der Waals surface area contributed by atoms with Crippen LogP contribution in [0.1, 0.15) is 156 Å². The van der Waals surface area contributed by atoms with Crippen LogP contribution in [-0.4, -0.2) is 62.0 Å². The first-order valence-corrected chi connectivity index (χ1v) is 26.9. The van der Waals surface area contributed by atoms with Crippen molar-refractivity contribution in [3.63, 3.8) is 0 Å². The predicted molar refractivity (Wildman–Crippen MR) is 304 cm³/mol. The van der Waals surface area contributed by atoms with E-state index in [1.807, 2.05) is 169 Å². The molecule has 0 saturated heterocycles. The second kappa shape index (κ2) is 23.0. The Balaban J connectivity index is 0.000000136. The van der Waals surface area contributed by atoms with E-state index in [0.29, 0.717) is 37.1 Å². The highest BCUT2D eigenvalue weighted by atomic mass is 19.1. The summed E-state index contributed by atoms with van der Waals surface area (Å²) in [5, 5.41) is 22.9. The van der Waals surface area contributed by atoms with Crippen LogP contribution in [0.15, 0.2) is 146 Å². The average Bonchev–Trinajstić information content (AvgIpc) is 4.54. The largest absolute Gasteiger partial charge is 0.318 e.